The summed E-state index contributed by atoms with van der Waals surface area (Å²) >= 11 is 0. The van der Waals surface area contributed by atoms with Gasteiger partial charge in [-0.25, -0.2) is 0 Å². The number of nitrogens with zero attached hydrogens (tertiary/aromatic N) is 1. The number of hydrogen-bond donors (Lipinski definition) is 2. The van der Waals surface area contributed by atoms with Crippen molar-refractivity contribution in [1.82, 2.24) is 0 Å². The standard InChI is InChI=1S/C21H21N3O4/c1-14(13-28-2)22-19-10-8-17(12-20(19)24(26)27)21(25)23-18-9-7-15-5-3-4-6-16(15)11-18/h3-12,14,22H,13H2,1-2H3,(H,23,25)/t14-/m0/s1. The van der Waals surface area contributed by atoms with Crippen LogP contribution in [0, 0.1) is 10.1 Å². The van der Waals surface area contributed by atoms with Crippen molar-refractivity contribution < 1.29 is 14.5 Å². The highest BCUT2D eigenvalue weighted by Gasteiger charge is 2.19. The van der Waals surface area contributed by atoms with Gasteiger partial charge in [0.25, 0.3) is 11.6 Å². The molecule has 0 fully saturated rings. The minimum absolute atomic E-state index is 0.110. The second-order valence-corrected chi connectivity index (χ2v) is 6.51. The van der Waals surface area contributed by atoms with E-state index in [9.17, 15) is 14.9 Å². The van der Waals surface area contributed by atoms with Crippen LogP contribution >= 0.6 is 0 Å². The molecule has 0 aliphatic carbocycles. The Kier molecular flexibility index (Phi) is 5.86. The third kappa shape index (κ3) is 4.44. The van der Waals surface area contributed by atoms with Crippen molar-refractivity contribution in [2.24, 2.45) is 0 Å². The van der Waals surface area contributed by atoms with E-state index < -0.39 is 10.8 Å². The molecule has 0 aliphatic heterocycles. The van der Waals surface area contributed by atoms with Gasteiger partial charge in [0.2, 0.25) is 0 Å². The second kappa shape index (κ2) is 8.49. The molecule has 0 unspecified atom stereocenters. The lowest BCUT2D eigenvalue weighted by molar-refractivity contribution is -0.384. The van der Waals surface area contributed by atoms with Crippen molar-refractivity contribution >= 4 is 33.7 Å². The summed E-state index contributed by atoms with van der Waals surface area (Å²) in [5.41, 5.74) is 1.03. The molecule has 7 nitrogen and oxygen atoms in total. The SMILES string of the molecule is COC[C@H](C)Nc1ccc(C(=O)Nc2ccc3ccccc3c2)cc1[N+](=O)[O-]. The lowest BCUT2D eigenvalue weighted by Crippen LogP contribution is -2.21. The van der Waals surface area contributed by atoms with Crippen LogP contribution in [0.25, 0.3) is 10.8 Å². The molecule has 0 saturated carbocycles. The van der Waals surface area contributed by atoms with Crippen LogP contribution in [0.1, 0.15) is 17.3 Å². The Hall–Kier alpha value is -3.45. The Balaban J connectivity index is 1.82. The maximum atomic E-state index is 12.6. The van der Waals surface area contributed by atoms with Gasteiger partial charge in [-0.2, -0.15) is 0 Å². The lowest BCUT2D eigenvalue weighted by atomic mass is 10.1. The second-order valence-electron chi connectivity index (χ2n) is 6.51. The number of methoxy groups -OCH3 is 1. The van der Waals surface area contributed by atoms with E-state index in [1.165, 1.54) is 6.07 Å². The number of benzene rings is 3. The van der Waals surface area contributed by atoms with Gasteiger partial charge in [0.1, 0.15) is 5.69 Å². The lowest BCUT2D eigenvalue weighted by Gasteiger charge is -2.15. The Bertz CT molecular complexity index is 1020. The minimum Gasteiger partial charge on any atom is -0.383 e. The highest BCUT2D eigenvalue weighted by molar-refractivity contribution is 6.06. The molecule has 0 spiro atoms. The van der Waals surface area contributed by atoms with E-state index in [1.54, 1.807) is 25.3 Å². The Morgan fingerprint density at radius 1 is 1.11 bits per heavy atom. The average Bonchev–Trinajstić information content (AvgIpc) is 2.68. The zero-order valence-corrected chi connectivity index (χ0v) is 15.6. The number of amides is 1. The van der Waals surface area contributed by atoms with Crippen molar-refractivity contribution in [2.45, 2.75) is 13.0 Å². The first kappa shape index (κ1) is 19.3. The molecule has 7 heteroatoms. The Morgan fingerprint density at radius 2 is 1.86 bits per heavy atom. The van der Waals surface area contributed by atoms with Crippen LogP contribution in [-0.4, -0.2) is 30.6 Å². The molecule has 3 aromatic carbocycles. The van der Waals surface area contributed by atoms with Gasteiger partial charge in [0.15, 0.2) is 0 Å². The molecule has 1 amide bonds. The van der Waals surface area contributed by atoms with Crippen LogP contribution < -0.4 is 10.6 Å². The van der Waals surface area contributed by atoms with Crippen LogP contribution in [0.15, 0.2) is 60.7 Å². The summed E-state index contributed by atoms with van der Waals surface area (Å²) in [6.07, 6.45) is 0. The molecule has 0 bridgehead atoms. The topological polar surface area (TPSA) is 93.5 Å². The zero-order chi connectivity index (χ0) is 20.1. The Morgan fingerprint density at radius 3 is 2.57 bits per heavy atom. The Labute approximate surface area is 162 Å². The third-order valence-electron chi connectivity index (χ3n) is 4.28. The third-order valence-corrected chi connectivity index (χ3v) is 4.28. The fourth-order valence-electron chi connectivity index (χ4n) is 2.97. The molecule has 2 N–H and O–H groups in total. The number of nitro groups is 1. The van der Waals surface area contributed by atoms with E-state index >= 15 is 0 Å². The first-order chi connectivity index (χ1) is 13.5. The van der Waals surface area contributed by atoms with E-state index in [1.807, 2.05) is 43.3 Å². The van der Waals surface area contributed by atoms with Gasteiger partial charge in [0, 0.05) is 30.5 Å². The fraction of sp³-hybridized carbons (Fsp3) is 0.190. The molecule has 3 aromatic rings. The molecule has 1 atom stereocenters. The molecule has 0 heterocycles. The molecule has 0 radical (unpaired) electrons. The van der Waals surface area contributed by atoms with Gasteiger partial charge in [-0.05, 0) is 42.0 Å². The zero-order valence-electron chi connectivity index (χ0n) is 15.6. The van der Waals surface area contributed by atoms with E-state index in [0.29, 0.717) is 18.0 Å². The largest absolute Gasteiger partial charge is 0.383 e. The van der Waals surface area contributed by atoms with Gasteiger partial charge in [-0.1, -0.05) is 30.3 Å². The van der Waals surface area contributed by atoms with Gasteiger partial charge in [-0.15, -0.1) is 0 Å². The first-order valence-electron chi connectivity index (χ1n) is 8.82. The monoisotopic (exact) mass is 379 g/mol. The van der Waals surface area contributed by atoms with Crippen LogP contribution in [-0.2, 0) is 4.74 Å². The van der Waals surface area contributed by atoms with E-state index in [4.69, 9.17) is 4.74 Å². The van der Waals surface area contributed by atoms with Crippen LogP contribution in [0.3, 0.4) is 0 Å². The summed E-state index contributed by atoms with van der Waals surface area (Å²) in [6.45, 7) is 2.26. The molecular weight excluding hydrogens is 358 g/mol. The predicted molar refractivity (Wildman–Crippen MR) is 110 cm³/mol. The molecule has 144 valence electrons. The van der Waals surface area contributed by atoms with Crippen LogP contribution in [0.5, 0.6) is 0 Å². The number of rotatable bonds is 7. The maximum absolute atomic E-state index is 12.6. The number of carbonyl (C=O) groups excluding carboxylic acids is 1. The minimum atomic E-state index is -0.505. The van der Waals surface area contributed by atoms with E-state index in [-0.39, 0.29) is 17.3 Å². The number of anilines is 2. The molecular formula is C21H21N3O4. The smallest absolute Gasteiger partial charge is 0.293 e. The summed E-state index contributed by atoms with van der Waals surface area (Å²) in [7, 11) is 1.56. The molecule has 0 saturated heterocycles. The number of ether oxygens (including phenoxy) is 1. The van der Waals surface area contributed by atoms with Gasteiger partial charge < -0.3 is 15.4 Å². The van der Waals surface area contributed by atoms with E-state index in [0.717, 1.165) is 10.8 Å². The van der Waals surface area contributed by atoms with Gasteiger partial charge >= 0.3 is 0 Å². The van der Waals surface area contributed by atoms with E-state index in [2.05, 4.69) is 10.6 Å². The predicted octanol–water partition coefficient (Wildman–Crippen LogP) is 4.45. The summed E-state index contributed by atoms with van der Waals surface area (Å²) in [5, 5.41) is 19.3. The number of nitrogens with one attached hydrogen (secondary N) is 2. The summed E-state index contributed by atoms with van der Waals surface area (Å²) in [4.78, 5) is 23.5. The van der Waals surface area contributed by atoms with Gasteiger partial charge in [-0.3, -0.25) is 14.9 Å². The van der Waals surface area contributed by atoms with Crippen molar-refractivity contribution in [1.29, 1.82) is 0 Å². The summed E-state index contributed by atoms with van der Waals surface area (Å²) in [5.74, 6) is -0.408. The highest BCUT2D eigenvalue weighted by atomic mass is 16.6. The number of carbonyl (C=O) groups is 1. The molecule has 0 aliphatic rings. The summed E-state index contributed by atoms with van der Waals surface area (Å²) < 4.78 is 5.04. The quantitative estimate of drug-likeness (QED) is 0.467. The normalized spacial score (nSPS) is 11.8. The fourth-order valence-corrected chi connectivity index (χ4v) is 2.97. The van der Waals surface area contributed by atoms with Crippen molar-refractivity contribution in [2.75, 3.05) is 24.4 Å². The van der Waals surface area contributed by atoms with Crippen molar-refractivity contribution in [3.63, 3.8) is 0 Å². The van der Waals surface area contributed by atoms with Crippen LogP contribution in [0.4, 0.5) is 17.1 Å². The number of fused-ring (bicyclic) bond motifs is 1. The molecule has 0 aromatic heterocycles. The molecule has 28 heavy (non-hydrogen) atoms. The average molecular weight is 379 g/mol. The number of hydrogen-bond acceptors (Lipinski definition) is 5. The van der Waals surface area contributed by atoms with Gasteiger partial charge in [0.05, 0.1) is 11.5 Å². The molecule has 3 rings (SSSR count). The first-order valence-corrected chi connectivity index (χ1v) is 8.82. The van der Waals surface area contributed by atoms with Crippen LogP contribution in [0.2, 0.25) is 0 Å². The van der Waals surface area contributed by atoms with Crippen molar-refractivity contribution in [3.05, 3.63) is 76.3 Å². The number of nitro benzene ring substituents is 1. The maximum Gasteiger partial charge on any atom is 0.293 e. The highest BCUT2D eigenvalue weighted by Crippen LogP contribution is 2.27. The van der Waals surface area contributed by atoms with Crippen molar-refractivity contribution in [3.8, 4) is 0 Å². The summed E-state index contributed by atoms with van der Waals surface area (Å²) in [6, 6.07) is 17.7.